The van der Waals surface area contributed by atoms with Crippen LogP contribution in [0.2, 0.25) is 0 Å². The van der Waals surface area contributed by atoms with Crippen LogP contribution >= 0.6 is 0 Å². The van der Waals surface area contributed by atoms with Crippen LogP contribution in [0.3, 0.4) is 0 Å². The smallest absolute Gasteiger partial charge is 0.0519 e. The highest BCUT2D eigenvalue weighted by molar-refractivity contribution is 4.89. The molecule has 1 saturated carbocycles. The molecule has 1 N–H and O–H groups in total. The summed E-state index contributed by atoms with van der Waals surface area (Å²) in [5.41, 5.74) is 0. The van der Waals surface area contributed by atoms with E-state index in [4.69, 9.17) is 4.74 Å². The Kier molecular flexibility index (Phi) is 5.94. The standard InChI is InChI=1S/C15H31NO/c1-10(2)15-8-14(16-11(3)4)7-13(15)9-17-12(5)6/h10-16H,7-9H2,1-6H3/t13-,14+,15?/m0/s1. The lowest BCUT2D eigenvalue weighted by molar-refractivity contribution is 0.0350. The maximum absolute atomic E-state index is 5.83. The second kappa shape index (κ2) is 6.75. The van der Waals surface area contributed by atoms with Gasteiger partial charge in [-0.05, 0) is 44.4 Å². The van der Waals surface area contributed by atoms with Crippen molar-refractivity contribution in [2.75, 3.05) is 6.61 Å². The highest BCUT2D eigenvalue weighted by atomic mass is 16.5. The number of ether oxygens (including phenoxy) is 1. The minimum absolute atomic E-state index is 0.361. The maximum Gasteiger partial charge on any atom is 0.0519 e. The molecule has 1 aliphatic carbocycles. The summed E-state index contributed by atoms with van der Waals surface area (Å²) >= 11 is 0. The van der Waals surface area contributed by atoms with Crippen molar-refractivity contribution in [1.82, 2.24) is 5.32 Å². The molecule has 1 aliphatic rings. The summed E-state index contributed by atoms with van der Waals surface area (Å²) in [6, 6.07) is 1.29. The molecule has 0 aromatic carbocycles. The summed E-state index contributed by atoms with van der Waals surface area (Å²) in [4.78, 5) is 0. The molecule has 0 saturated heterocycles. The van der Waals surface area contributed by atoms with E-state index in [0.29, 0.717) is 18.2 Å². The van der Waals surface area contributed by atoms with Crippen LogP contribution in [0.4, 0.5) is 0 Å². The average molecular weight is 241 g/mol. The fourth-order valence-electron chi connectivity index (χ4n) is 3.09. The van der Waals surface area contributed by atoms with Gasteiger partial charge >= 0.3 is 0 Å². The van der Waals surface area contributed by atoms with E-state index < -0.39 is 0 Å². The first-order valence-corrected chi connectivity index (χ1v) is 7.27. The van der Waals surface area contributed by atoms with Gasteiger partial charge in [-0.15, -0.1) is 0 Å². The first-order chi connectivity index (χ1) is 7.90. The predicted octanol–water partition coefficient (Wildman–Crippen LogP) is 3.46. The lowest BCUT2D eigenvalue weighted by atomic mass is 9.86. The molecule has 0 heterocycles. The normalized spacial score (nSPS) is 29.8. The molecular weight excluding hydrogens is 210 g/mol. The zero-order valence-electron chi connectivity index (χ0n) is 12.5. The zero-order chi connectivity index (χ0) is 13.0. The zero-order valence-corrected chi connectivity index (χ0v) is 12.5. The van der Waals surface area contributed by atoms with Gasteiger partial charge in [-0.2, -0.15) is 0 Å². The molecule has 0 amide bonds. The van der Waals surface area contributed by atoms with Gasteiger partial charge in [0.2, 0.25) is 0 Å². The first kappa shape index (κ1) is 15.0. The van der Waals surface area contributed by atoms with Crippen molar-refractivity contribution in [2.24, 2.45) is 17.8 Å². The monoisotopic (exact) mass is 241 g/mol. The summed E-state index contributed by atoms with van der Waals surface area (Å²) in [7, 11) is 0. The Hall–Kier alpha value is -0.0800. The number of hydrogen-bond acceptors (Lipinski definition) is 2. The highest BCUT2D eigenvalue weighted by Gasteiger charge is 2.36. The molecule has 0 aromatic heterocycles. The van der Waals surface area contributed by atoms with Gasteiger partial charge in [0.25, 0.3) is 0 Å². The van der Waals surface area contributed by atoms with Crippen molar-refractivity contribution in [3.8, 4) is 0 Å². The SMILES string of the molecule is CC(C)N[C@H]1CC(C(C)C)[C@H](COC(C)C)C1. The van der Waals surface area contributed by atoms with E-state index in [2.05, 4.69) is 46.9 Å². The van der Waals surface area contributed by atoms with Crippen LogP contribution in [0.5, 0.6) is 0 Å². The largest absolute Gasteiger partial charge is 0.378 e. The van der Waals surface area contributed by atoms with Crippen LogP contribution in [0.25, 0.3) is 0 Å². The first-order valence-electron chi connectivity index (χ1n) is 7.27. The molecule has 0 radical (unpaired) electrons. The van der Waals surface area contributed by atoms with Crippen LogP contribution in [0.1, 0.15) is 54.4 Å². The van der Waals surface area contributed by atoms with E-state index in [1.807, 2.05) is 0 Å². The third-order valence-corrected chi connectivity index (χ3v) is 3.82. The molecule has 0 aromatic rings. The molecule has 0 spiro atoms. The molecule has 1 unspecified atom stereocenters. The summed E-state index contributed by atoms with van der Waals surface area (Å²) in [6.07, 6.45) is 2.97. The second-order valence-electron chi connectivity index (χ2n) is 6.54. The van der Waals surface area contributed by atoms with Gasteiger partial charge in [-0.1, -0.05) is 27.7 Å². The van der Waals surface area contributed by atoms with Gasteiger partial charge in [-0.3, -0.25) is 0 Å². The van der Waals surface area contributed by atoms with Gasteiger partial charge in [0.15, 0.2) is 0 Å². The van der Waals surface area contributed by atoms with E-state index in [9.17, 15) is 0 Å². The minimum Gasteiger partial charge on any atom is -0.378 e. The Labute approximate surface area is 108 Å². The Balaban J connectivity index is 2.48. The van der Waals surface area contributed by atoms with Gasteiger partial charge in [0, 0.05) is 12.1 Å². The number of rotatable bonds is 6. The van der Waals surface area contributed by atoms with E-state index >= 15 is 0 Å². The van der Waals surface area contributed by atoms with Crippen LogP contribution in [0, 0.1) is 17.8 Å². The van der Waals surface area contributed by atoms with Crippen LogP contribution in [-0.4, -0.2) is 24.8 Å². The molecule has 1 rings (SSSR count). The Morgan fingerprint density at radius 2 is 1.71 bits per heavy atom. The quantitative estimate of drug-likeness (QED) is 0.769. The third-order valence-electron chi connectivity index (χ3n) is 3.82. The van der Waals surface area contributed by atoms with Crippen LogP contribution in [-0.2, 0) is 4.74 Å². The van der Waals surface area contributed by atoms with Gasteiger partial charge in [0.1, 0.15) is 0 Å². The van der Waals surface area contributed by atoms with E-state index in [1.165, 1.54) is 12.8 Å². The second-order valence-corrected chi connectivity index (χ2v) is 6.54. The van der Waals surface area contributed by atoms with Crippen molar-refractivity contribution in [2.45, 2.75) is 72.6 Å². The molecule has 1 fully saturated rings. The Bertz CT molecular complexity index is 213. The Morgan fingerprint density at radius 3 is 2.18 bits per heavy atom. The highest BCUT2D eigenvalue weighted by Crippen LogP contribution is 2.37. The van der Waals surface area contributed by atoms with Crippen molar-refractivity contribution >= 4 is 0 Å². The van der Waals surface area contributed by atoms with Crippen molar-refractivity contribution < 1.29 is 4.74 Å². The molecule has 0 aliphatic heterocycles. The molecule has 0 bridgehead atoms. The molecule has 2 nitrogen and oxygen atoms in total. The Morgan fingerprint density at radius 1 is 1.06 bits per heavy atom. The van der Waals surface area contributed by atoms with Crippen molar-refractivity contribution in [3.05, 3.63) is 0 Å². The molecule has 2 heteroatoms. The van der Waals surface area contributed by atoms with E-state index in [-0.39, 0.29) is 0 Å². The summed E-state index contributed by atoms with van der Waals surface area (Å²) in [6.45, 7) is 14.4. The molecular formula is C15H31NO. The number of hydrogen-bond donors (Lipinski definition) is 1. The van der Waals surface area contributed by atoms with Gasteiger partial charge in [-0.25, -0.2) is 0 Å². The number of nitrogens with one attached hydrogen (secondary N) is 1. The van der Waals surface area contributed by atoms with Crippen molar-refractivity contribution in [1.29, 1.82) is 0 Å². The van der Waals surface area contributed by atoms with Crippen molar-refractivity contribution in [3.63, 3.8) is 0 Å². The van der Waals surface area contributed by atoms with Crippen LogP contribution < -0.4 is 5.32 Å². The van der Waals surface area contributed by atoms with E-state index in [1.54, 1.807) is 0 Å². The van der Waals surface area contributed by atoms with Gasteiger partial charge in [0.05, 0.1) is 12.7 Å². The minimum atomic E-state index is 0.361. The van der Waals surface area contributed by atoms with E-state index in [0.717, 1.165) is 24.4 Å². The lowest BCUT2D eigenvalue weighted by Crippen LogP contribution is -2.33. The summed E-state index contributed by atoms with van der Waals surface area (Å²) < 4.78 is 5.83. The predicted molar refractivity (Wildman–Crippen MR) is 74.2 cm³/mol. The maximum atomic E-state index is 5.83. The van der Waals surface area contributed by atoms with Gasteiger partial charge < -0.3 is 10.1 Å². The molecule has 3 atom stereocenters. The lowest BCUT2D eigenvalue weighted by Gasteiger charge is -2.23. The molecule has 102 valence electrons. The third kappa shape index (κ3) is 4.97. The van der Waals surface area contributed by atoms with Crippen LogP contribution in [0.15, 0.2) is 0 Å². The topological polar surface area (TPSA) is 21.3 Å². The average Bonchev–Trinajstić information content (AvgIpc) is 2.57. The summed E-state index contributed by atoms with van der Waals surface area (Å²) in [5.74, 6) is 2.34. The fourth-order valence-corrected chi connectivity index (χ4v) is 3.09. The fraction of sp³-hybridized carbons (Fsp3) is 1.00. The summed E-state index contributed by atoms with van der Waals surface area (Å²) in [5, 5.41) is 3.69. The molecule has 17 heavy (non-hydrogen) atoms.